The van der Waals surface area contributed by atoms with Gasteiger partial charge in [-0.15, -0.1) is 0 Å². The topological polar surface area (TPSA) is 147 Å². The smallest absolute Gasteiger partial charge is 0.237 e. The molecule has 1 aliphatic heterocycles. The van der Waals surface area contributed by atoms with Crippen LogP contribution in [0.1, 0.15) is 11.8 Å². The number of anilines is 1. The summed E-state index contributed by atoms with van der Waals surface area (Å²) in [4.78, 5) is 27.9. The SMILES string of the molecule is CN[C@@H](Cc1ccc(OC)cc1)C(=O)N[C@H]1[C@@H](O)[C@H](n2cnc3c(N(C)C)ncnc32)O[C@@H]1CO. The maximum Gasteiger partial charge on any atom is 0.237 e. The zero-order valence-electron chi connectivity index (χ0n) is 20.1. The van der Waals surface area contributed by atoms with Crippen LogP contribution < -0.4 is 20.3 Å². The molecule has 1 fully saturated rings. The van der Waals surface area contributed by atoms with Gasteiger partial charge in [-0.2, -0.15) is 0 Å². The molecule has 12 heteroatoms. The van der Waals surface area contributed by atoms with Crippen LogP contribution in [0.25, 0.3) is 11.2 Å². The van der Waals surface area contributed by atoms with Gasteiger partial charge in [0.05, 0.1) is 32.1 Å². The van der Waals surface area contributed by atoms with Crippen LogP contribution >= 0.6 is 0 Å². The maximum atomic E-state index is 13.1. The third-order valence-electron chi connectivity index (χ3n) is 6.16. The molecule has 0 radical (unpaired) electrons. The average Bonchev–Trinajstić information content (AvgIpc) is 3.43. The second kappa shape index (κ2) is 10.5. The summed E-state index contributed by atoms with van der Waals surface area (Å²) in [5.74, 6) is 1.04. The number of amides is 1. The summed E-state index contributed by atoms with van der Waals surface area (Å²) in [5.41, 5.74) is 1.97. The molecular weight excluding hydrogens is 454 g/mol. The van der Waals surface area contributed by atoms with E-state index in [1.165, 1.54) is 12.7 Å². The minimum Gasteiger partial charge on any atom is -0.497 e. The van der Waals surface area contributed by atoms with Crippen molar-refractivity contribution in [3.05, 3.63) is 42.5 Å². The molecule has 1 aliphatic rings. The van der Waals surface area contributed by atoms with Gasteiger partial charge in [0.2, 0.25) is 5.91 Å². The summed E-state index contributed by atoms with van der Waals surface area (Å²) in [5, 5.41) is 26.9. The van der Waals surface area contributed by atoms with Crippen molar-refractivity contribution in [2.24, 2.45) is 0 Å². The molecule has 4 rings (SSSR count). The van der Waals surface area contributed by atoms with E-state index in [0.29, 0.717) is 23.4 Å². The molecule has 1 amide bonds. The number of nitrogens with one attached hydrogen (secondary N) is 2. The fraction of sp³-hybridized carbons (Fsp3) is 0.478. The summed E-state index contributed by atoms with van der Waals surface area (Å²) >= 11 is 0. The lowest BCUT2D eigenvalue weighted by Crippen LogP contribution is -2.54. The lowest BCUT2D eigenvalue weighted by molar-refractivity contribution is -0.124. The Balaban J connectivity index is 1.51. The van der Waals surface area contributed by atoms with Crippen LogP contribution in [-0.4, -0.2) is 94.8 Å². The van der Waals surface area contributed by atoms with Crippen molar-refractivity contribution in [1.82, 2.24) is 30.2 Å². The number of ether oxygens (including phenoxy) is 2. The Bertz CT molecular complexity index is 1150. The number of carbonyl (C=O) groups is 1. The highest BCUT2D eigenvalue weighted by atomic mass is 16.5. The minimum atomic E-state index is -1.15. The van der Waals surface area contributed by atoms with Gasteiger partial charge in [0.25, 0.3) is 0 Å². The third-order valence-corrected chi connectivity index (χ3v) is 6.16. The van der Waals surface area contributed by atoms with E-state index < -0.39 is 30.5 Å². The molecule has 188 valence electrons. The molecule has 4 N–H and O–H groups in total. The summed E-state index contributed by atoms with van der Waals surface area (Å²) < 4.78 is 12.7. The van der Waals surface area contributed by atoms with Crippen molar-refractivity contribution in [3.63, 3.8) is 0 Å². The fourth-order valence-corrected chi connectivity index (χ4v) is 4.25. The lowest BCUT2D eigenvalue weighted by atomic mass is 10.0. The Morgan fingerprint density at radius 2 is 2.00 bits per heavy atom. The quantitative estimate of drug-likeness (QED) is 0.312. The molecule has 0 unspecified atom stereocenters. The first-order chi connectivity index (χ1) is 16.9. The molecule has 2 aromatic heterocycles. The van der Waals surface area contributed by atoms with Crippen LogP contribution in [0.3, 0.4) is 0 Å². The van der Waals surface area contributed by atoms with Crippen LogP contribution in [0.4, 0.5) is 5.82 Å². The summed E-state index contributed by atoms with van der Waals surface area (Å²) in [6.07, 6.45) is 0.492. The predicted octanol–water partition coefficient (Wildman–Crippen LogP) is -0.533. The molecule has 35 heavy (non-hydrogen) atoms. The Morgan fingerprint density at radius 1 is 1.26 bits per heavy atom. The van der Waals surface area contributed by atoms with E-state index in [1.54, 1.807) is 18.7 Å². The highest BCUT2D eigenvalue weighted by molar-refractivity contribution is 5.83. The van der Waals surface area contributed by atoms with Crippen LogP contribution in [0.2, 0.25) is 0 Å². The van der Waals surface area contributed by atoms with E-state index in [9.17, 15) is 15.0 Å². The molecule has 3 heterocycles. The summed E-state index contributed by atoms with van der Waals surface area (Å²) in [6.45, 7) is -0.383. The first kappa shape index (κ1) is 24.8. The first-order valence-corrected chi connectivity index (χ1v) is 11.3. The van der Waals surface area contributed by atoms with Gasteiger partial charge in [-0.25, -0.2) is 15.0 Å². The second-order valence-corrected chi connectivity index (χ2v) is 8.58. The van der Waals surface area contributed by atoms with Gasteiger partial charge >= 0.3 is 0 Å². The molecule has 0 spiro atoms. The number of aliphatic hydroxyl groups is 2. The van der Waals surface area contributed by atoms with Crippen LogP contribution in [0, 0.1) is 0 Å². The normalized spacial score (nSPS) is 22.8. The zero-order chi connectivity index (χ0) is 25.1. The Morgan fingerprint density at radius 3 is 2.63 bits per heavy atom. The number of aliphatic hydroxyl groups excluding tert-OH is 2. The van der Waals surface area contributed by atoms with E-state index in [-0.39, 0.29) is 12.5 Å². The van der Waals surface area contributed by atoms with Crippen molar-refractivity contribution in [3.8, 4) is 5.75 Å². The predicted molar refractivity (Wildman–Crippen MR) is 128 cm³/mol. The number of carbonyl (C=O) groups excluding carboxylic acids is 1. The van der Waals surface area contributed by atoms with Gasteiger partial charge in [0.1, 0.15) is 24.3 Å². The zero-order valence-corrected chi connectivity index (χ0v) is 20.1. The van der Waals surface area contributed by atoms with E-state index in [1.807, 2.05) is 43.3 Å². The van der Waals surface area contributed by atoms with E-state index >= 15 is 0 Å². The number of likely N-dealkylation sites (N-methyl/N-ethyl adjacent to an activating group) is 1. The van der Waals surface area contributed by atoms with Crippen molar-refractivity contribution in [2.45, 2.75) is 36.9 Å². The van der Waals surface area contributed by atoms with Gasteiger partial charge < -0.3 is 35.2 Å². The molecular formula is C23H31N7O5. The van der Waals surface area contributed by atoms with Gasteiger partial charge in [-0.3, -0.25) is 9.36 Å². The standard InChI is InChI=1S/C23H31N7O5/c1-24-15(9-13-5-7-14(34-4)8-6-13)22(33)28-17-16(10-31)35-23(19(17)32)30-12-27-18-20(29(2)3)25-11-26-21(18)30/h5-8,11-12,15-17,19,23-24,31-32H,9-10H2,1-4H3,(H,28,33)/t15-,16+,17+,19+,23+/m0/s1. The van der Waals surface area contributed by atoms with E-state index in [0.717, 1.165) is 11.3 Å². The summed E-state index contributed by atoms with van der Waals surface area (Å²) in [7, 11) is 6.99. The largest absolute Gasteiger partial charge is 0.497 e. The number of methoxy groups -OCH3 is 1. The van der Waals surface area contributed by atoms with Crippen LogP contribution in [0.15, 0.2) is 36.9 Å². The molecule has 0 saturated carbocycles. The molecule has 12 nitrogen and oxygen atoms in total. The van der Waals surface area contributed by atoms with E-state index in [2.05, 4.69) is 25.6 Å². The van der Waals surface area contributed by atoms with Gasteiger partial charge in [-0.05, 0) is 31.2 Å². The number of fused-ring (bicyclic) bond motifs is 1. The second-order valence-electron chi connectivity index (χ2n) is 8.58. The first-order valence-electron chi connectivity index (χ1n) is 11.3. The molecule has 1 saturated heterocycles. The van der Waals surface area contributed by atoms with Crippen LogP contribution in [0.5, 0.6) is 5.75 Å². The number of rotatable bonds is 9. The number of aromatic nitrogens is 4. The van der Waals surface area contributed by atoms with Crippen molar-refractivity contribution < 1.29 is 24.5 Å². The Hall–Kier alpha value is -3.32. The Kier molecular flexibility index (Phi) is 7.45. The van der Waals surface area contributed by atoms with Crippen molar-refractivity contribution in [1.29, 1.82) is 0 Å². The highest BCUT2D eigenvalue weighted by Gasteiger charge is 2.46. The molecule has 5 atom stereocenters. The molecule has 1 aromatic carbocycles. The minimum absolute atomic E-state index is 0.317. The van der Waals surface area contributed by atoms with Gasteiger partial charge in [-0.1, -0.05) is 12.1 Å². The number of hydrogen-bond donors (Lipinski definition) is 4. The fourth-order valence-electron chi connectivity index (χ4n) is 4.25. The lowest BCUT2D eigenvalue weighted by Gasteiger charge is -2.24. The Labute approximate surface area is 202 Å². The third kappa shape index (κ3) is 4.91. The van der Waals surface area contributed by atoms with Crippen molar-refractivity contribution >= 4 is 22.9 Å². The molecule has 0 bridgehead atoms. The number of nitrogens with zero attached hydrogens (tertiary/aromatic N) is 5. The number of hydrogen-bond acceptors (Lipinski definition) is 10. The maximum absolute atomic E-state index is 13.1. The van der Waals surface area contributed by atoms with E-state index in [4.69, 9.17) is 9.47 Å². The number of benzene rings is 1. The van der Waals surface area contributed by atoms with Gasteiger partial charge in [0, 0.05) is 14.1 Å². The highest BCUT2D eigenvalue weighted by Crippen LogP contribution is 2.32. The summed E-state index contributed by atoms with van der Waals surface area (Å²) in [6, 6.07) is 6.06. The van der Waals surface area contributed by atoms with Crippen molar-refractivity contribution in [2.75, 3.05) is 39.8 Å². The monoisotopic (exact) mass is 485 g/mol. The number of imidazole rings is 1. The average molecular weight is 486 g/mol. The van der Waals surface area contributed by atoms with Gasteiger partial charge in [0.15, 0.2) is 23.2 Å². The molecule has 0 aliphatic carbocycles. The van der Waals surface area contributed by atoms with Crippen LogP contribution in [-0.2, 0) is 16.0 Å². The molecule has 3 aromatic rings.